The molecule has 0 saturated heterocycles. The number of halogens is 1. The van der Waals surface area contributed by atoms with Gasteiger partial charge in [-0.15, -0.1) is 0 Å². The quantitative estimate of drug-likeness (QED) is 0.542. The first-order valence-corrected chi connectivity index (χ1v) is 6.80. The van der Waals surface area contributed by atoms with E-state index in [1.807, 2.05) is 0 Å². The molecule has 0 fully saturated rings. The summed E-state index contributed by atoms with van der Waals surface area (Å²) in [7, 11) is 0. The first-order chi connectivity index (χ1) is 8.50. The van der Waals surface area contributed by atoms with E-state index in [2.05, 4.69) is 13.8 Å². The Morgan fingerprint density at radius 3 is 2.67 bits per heavy atom. The predicted molar refractivity (Wildman–Crippen MR) is 75.3 cm³/mol. The first-order valence-electron chi connectivity index (χ1n) is 6.42. The highest BCUT2D eigenvalue weighted by Crippen LogP contribution is 2.14. The molecule has 0 aliphatic rings. The van der Waals surface area contributed by atoms with Crippen molar-refractivity contribution < 1.29 is 9.53 Å². The summed E-state index contributed by atoms with van der Waals surface area (Å²) in [4.78, 5) is 12.0. The second-order valence-electron chi connectivity index (χ2n) is 4.92. The van der Waals surface area contributed by atoms with Crippen molar-refractivity contribution in [1.82, 2.24) is 0 Å². The Labute approximate surface area is 114 Å². The van der Waals surface area contributed by atoms with Crippen molar-refractivity contribution in [2.24, 2.45) is 5.92 Å². The van der Waals surface area contributed by atoms with E-state index in [0.29, 0.717) is 23.1 Å². The molecule has 1 rings (SSSR count). The van der Waals surface area contributed by atoms with Gasteiger partial charge in [-0.1, -0.05) is 37.6 Å². The van der Waals surface area contributed by atoms with Gasteiger partial charge in [-0.25, -0.2) is 0 Å². The zero-order valence-corrected chi connectivity index (χ0v) is 12.0. The predicted octanol–water partition coefficient (Wildman–Crippen LogP) is 4.36. The number of carbonyl (C=O) groups is 1. The molecule has 18 heavy (non-hydrogen) atoms. The van der Waals surface area contributed by atoms with Crippen LogP contribution in [0, 0.1) is 5.92 Å². The lowest BCUT2D eigenvalue weighted by atomic mass is 10.1. The molecule has 0 N–H and O–H groups in total. The van der Waals surface area contributed by atoms with Gasteiger partial charge < -0.3 is 4.74 Å². The van der Waals surface area contributed by atoms with Gasteiger partial charge in [0.25, 0.3) is 0 Å². The molecule has 3 heteroatoms. The normalized spacial score (nSPS) is 12.7. The fourth-order valence-corrected chi connectivity index (χ4v) is 1.89. The Balaban J connectivity index is 2.42. The van der Waals surface area contributed by atoms with Crippen LogP contribution in [0.5, 0.6) is 0 Å². The lowest BCUT2D eigenvalue weighted by Gasteiger charge is -2.12. The van der Waals surface area contributed by atoms with Gasteiger partial charge in [0, 0.05) is 17.2 Å². The molecule has 1 atom stereocenters. The number of rotatable bonds is 7. The van der Waals surface area contributed by atoms with Gasteiger partial charge in [-0.05, 0) is 37.8 Å². The van der Waals surface area contributed by atoms with Crippen LogP contribution in [0.2, 0.25) is 5.02 Å². The monoisotopic (exact) mass is 268 g/mol. The standard InChI is InChI=1S/C15H21ClO2/c1-11(2)6-5-9-18-12(3)15(17)13-7-4-8-14(16)10-13/h4,7-8,10-12H,5-6,9H2,1-3H3. The minimum atomic E-state index is -0.407. The van der Waals surface area contributed by atoms with Gasteiger partial charge in [0.2, 0.25) is 0 Å². The van der Waals surface area contributed by atoms with E-state index in [4.69, 9.17) is 16.3 Å². The fraction of sp³-hybridized carbons (Fsp3) is 0.533. The van der Waals surface area contributed by atoms with Gasteiger partial charge in [-0.3, -0.25) is 4.79 Å². The van der Waals surface area contributed by atoms with E-state index < -0.39 is 6.10 Å². The zero-order chi connectivity index (χ0) is 13.5. The molecule has 0 radical (unpaired) electrons. The fourth-order valence-electron chi connectivity index (χ4n) is 1.70. The highest BCUT2D eigenvalue weighted by atomic mass is 35.5. The van der Waals surface area contributed by atoms with Crippen LogP contribution in [0.3, 0.4) is 0 Å². The van der Waals surface area contributed by atoms with Crippen LogP contribution in [0.4, 0.5) is 0 Å². The van der Waals surface area contributed by atoms with Crippen LogP contribution in [-0.2, 0) is 4.74 Å². The van der Waals surface area contributed by atoms with Gasteiger partial charge in [0.15, 0.2) is 5.78 Å². The van der Waals surface area contributed by atoms with Gasteiger partial charge in [0.05, 0.1) is 0 Å². The molecular formula is C15H21ClO2. The molecule has 0 aliphatic heterocycles. The Morgan fingerprint density at radius 1 is 1.33 bits per heavy atom. The van der Waals surface area contributed by atoms with E-state index in [1.54, 1.807) is 31.2 Å². The number of hydrogen-bond donors (Lipinski definition) is 0. The molecule has 100 valence electrons. The van der Waals surface area contributed by atoms with Crippen molar-refractivity contribution in [2.75, 3.05) is 6.61 Å². The molecule has 0 amide bonds. The molecule has 1 unspecified atom stereocenters. The lowest BCUT2D eigenvalue weighted by molar-refractivity contribution is 0.0458. The molecule has 0 aliphatic carbocycles. The summed E-state index contributed by atoms with van der Waals surface area (Å²) in [6, 6.07) is 6.98. The maximum atomic E-state index is 12.0. The second kappa shape index (κ2) is 7.55. The van der Waals surface area contributed by atoms with Crippen LogP contribution in [0.25, 0.3) is 0 Å². The Hall–Kier alpha value is -0.860. The van der Waals surface area contributed by atoms with Crippen molar-refractivity contribution >= 4 is 17.4 Å². The Bertz CT molecular complexity index is 388. The summed E-state index contributed by atoms with van der Waals surface area (Å²) in [5, 5.41) is 0.577. The summed E-state index contributed by atoms with van der Waals surface area (Å²) < 4.78 is 5.56. The molecule has 0 bridgehead atoms. The number of hydrogen-bond acceptors (Lipinski definition) is 2. The van der Waals surface area contributed by atoms with Gasteiger partial charge >= 0.3 is 0 Å². The maximum absolute atomic E-state index is 12.0. The number of carbonyl (C=O) groups excluding carboxylic acids is 1. The highest BCUT2D eigenvalue weighted by Gasteiger charge is 2.15. The SMILES string of the molecule is CC(C)CCCOC(C)C(=O)c1cccc(Cl)c1. The van der Waals surface area contributed by atoms with Crippen LogP contribution in [0.15, 0.2) is 24.3 Å². The average molecular weight is 269 g/mol. The van der Waals surface area contributed by atoms with E-state index >= 15 is 0 Å². The summed E-state index contributed by atoms with van der Waals surface area (Å²) >= 11 is 5.86. The topological polar surface area (TPSA) is 26.3 Å². The van der Waals surface area contributed by atoms with Crippen LogP contribution >= 0.6 is 11.6 Å². The van der Waals surface area contributed by atoms with E-state index in [1.165, 1.54) is 0 Å². The number of Topliss-reactive ketones (excluding diaryl/α,β-unsaturated/α-hetero) is 1. The van der Waals surface area contributed by atoms with Crippen molar-refractivity contribution in [3.63, 3.8) is 0 Å². The Morgan fingerprint density at radius 2 is 2.06 bits per heavy atom. The number of benzene rings is 1. The van der Waals surface area contributed by atoms with Crippen LogP contribution in [0.1, 0.15) is 44.0 Å². The van der Waals surface area contributed by atoms with Gasteiger partial charge in [0.1, 0.15) is 6.10 Å². The summed E-state index contributed by atoms with van der Waals surface area (Å²) in [5.74, 6) is 0.662. The average Bonchev–Trinajstić information content (AvgIpc) is 2.33. The second-order valence-corrected chi connectivity index (χ2v) is 5.36. The molecule has 0 heterocycles. The summed E-state index contributed by atoms with van der Waals surface area (Å²) in [5.41, 5.74) is 0.610. The lowest BCUT2D eigenvalue weighted by Crippen LogP contribution is -2.21. The van der Waals surface area contributed by atoms with Crippen molar-refractivity contribution in [2.45, 2.75) is 39.7 Å². The Kier molecular flexibility index (Phi) is 6.37. The third kappa shape index (κ3) is 5.19. The number of ketones is 1. The molecule has 0 spiro atoms. The molecule has 1 aromatic rings. The molecule has 0 saturated carbocycles. The van der Waals surface area contributed by atoms with Crippen molar-refractivity contribution in [1.29, 1.82) is 0 Å². The molecule has 2 nitrogen and oxygen atoms in total. The van der Waals surface area contributed by atoms with Crippen LogP contribution < -0.4 is 0 Å². The van der Waals surface area contributed by atoms with Crippen molar-refractivity contribution in [3.8, 4) is 0 Å². The third-order valence-corrected chi connectivity index (χ3v) is 3.01. The number of ether oxygens (including phenoxy) is 1. The molecular weight excluding hydrogens is 248 g/mol. The van der Waals surface area contributed by atoms with Crippen LogP contribution in [-0.4, -0.2) is 18.5 Å². The highest BCUT2D eigenvalue weighted by molar-refractivity contribution is 6.31. The minimum Gasteiger partial charge on any atom is -0.370 e. The molecule has 0 aromatic heterocycles. The first kappa shape index (κ1) is 15.2. The van der Waals surface area contributed by atoms with Crippen molar-refractivity contribution in [3.05, 3.63) is 34.9 Å². The summed E-state index contributed by atoms with van der Waals surface area (Å²) in [6.45, 7) is 6.78. The minimum absolute atomic E-state index is 0.0120. The maximum Gasteiger partial charge on any atom is 0.191 e. The van der Waals surface area contributed by atoms with E-state index in [-0.39, 0.29) is 5.78 Å². The van der Waals surface area contributed by atoms with E-state index in [9.17, 15) is 4.79 Å². The van der Waals surface area contributed by atoms with Gasteiger partial charge in [-0.2, -0.15) is 0 Å². The largest absolute Gasteiger partial charge is 0.370 e. The molecule has 1 aromatic carbocycles. The van der Waals surface area contributed by atoms with E-state index in [0.717, 1.165) is 12.8 Å². The smallest absolute Gasteiger partial charge is 0.191 e. The zero-order valence-electron chi connectivity index (χ0n) is 11.3. The summed E-state index contributed by atoms with van der Waals surface area (Å²) in [6.07, 6.45) is 1.71. The third-order valence-electron chi connectivity index (χ3n) is 2.77.